The normalized spacial score (nSPS) is 15.3. The third-order valence-corrected chi connectivity index (χ3v) is 2.91. The van der Waals surface area contributed by atoms with Gasteiger partial charge in [0.15, 0.2) is 10.6 Å². The molecule has 2 aromatic rings. The van der Waals surface area contributed by atoms with Gasteiger partial charge >= 0.3 is 0 Å². The number of hydrogen-bond acceptors (Lipinski definition) is 4. The van der Waals surface area contributed by atoms with Crippen LogP contribution in [0.5, 0.6) is 0 Å². The molecule has 1 N–H and O–H groups in total. The number of H-pyrrole nitrogens is 1. The van der Waals surface area contributed by atoms with E-state index in [1.54, 1.807) is 12.4 Å². The lowest BCUT2D eigenvalue weighted by Gasteiger charge is -2.03. The van der Waals surface area contributed by atoms with Crippen molar-refractivity contribution in [2.45, 2.75) is 25.8 Å². The summed E-state index contributed by atoms with van der Waals surface area (Å²) in [6, 6.07) is 0.490. The van der Waals surface area contributed by atoms with E-state index in [0.29, 0.717) is 10.8 Å². The van der Waals surface area contributed by atoms with Crippen LogP contribution in [0.15, 0.2) is 12.4 Å². The summed E-state index contributed by atoms with van der Waals surface area (Å²) in [6.45, 7) is 1.91. The van der Waals surface area contributed by atoms with Crippen LogP contribution in [-0.2, 0) is 0 Å². The summed E-state index contributed by atoms with van der Waals surface area (Å²) in [4.78, 5) is 8.54. The molecule has 0 spiro atoms. The van der Waals surface area contributed by atoms with Gasteiger partial charge in [0, 0.05) is 12.2 Å². The summed E-state index contributed by atoms with van der Waals surface area (Å²) in [5.41, 5.74) is 1.67. The first-order valence-corrected chi connectivity index (χ1v) is 5.62. The zero-order valence-corrected chi connectivity index (χ0v) is 9.66. The second-order valence-corrected chi connectivity index (χ2v) is 4.38. The van der Waals surface area contributed by atoms with Crippen molar-refractivity contribution >= 4 is 12.2 Å². The van der Waals surface area contributed by atoms with Gasteiger partial charge in [-0.3, -0.25) is 14.6 Å². The maximum atomic E-state index is 5.21. The SMILES string of the molecule is Cc1cnc(-c2n[nH]c(=S)n2C2CC2)cn1. The van der Waals surface area contributed by atoms with Gasteiger partial charge in [0.25, 0.3) is 0 Å². The van der Waals surface area contributed by atoms with Crippen LogP contribution in [0.1, 0.15) is 24.6 Å². The van der Waals surface area contributed by atoms with Gasteiger partial charge in [-0.1, -0.05) is 0 Å². The summed E-state index contributed by atoms with van der Waals surface area (Å²) < 4.78 is 2.70. The molecule has 2 heterocycles. The molecule has 82 valence electrons. The topological polar surface area (TPSA) is 59.4 Å². The summed E-state index contributed by atoms with van der Waals surface area (Å²) >= 11 is 5.21. The predicted molar refractivity (Wildman–Crippen MR) is 61.4 cm³/mol. The van der Waals surface area contributed by atoms with Gasteiger partial charge < -0.3 is 0 Å². The zero-order valence-electron chi connectivity index (χ0n) is 8.84. The molecule has 0 saturated heterocycles. The van der Waals surface area contributed by atoms with E-state index in [1.807, 2.05) is 11.5 Å². The van der Waals surface area contributed by atoms with Crippen molar-refractivity contribution in [2.24, 2.45) is 0 Å². The highest BCUT2D eigenvalue weighted by molar-refractivity contribution is 7.71. The maximum absolute atomic E-state index is 5.21. The Bertz CT molecular complexity index is 564. The molecule has 1 fully saturated rings. The summed E-state index contributed by atoms with van der Waals surface area (Å²) in [7, 11) is 0. The van der Waals surface area contributed by atoms with Crippen molar-refractivity contribution in [1.82, 2.24) is 24.7 Å². The highest BCUT2D eigenvalue weighted by Crippen LogP contribution is 2.37. The van der Waals surface area contributed by atoms with Crippen LogP contribution in [0.4, 0.5) is 0 Å². The van der Waals surface area contributed by atoms with E-state index in [-0.39, 0.29) is 0 Å². The minimum atomic E-state index is 0.490. The van der Waals surface area contributed by atoms with Crippen molar-refractivity contribution < 1.29 is 0 Å². The Labute approximate surface area is 97.6 Å². The number of nitrogens with zero attached hydrogens (tertiary/aromatic N) is 4. The molecule has 0 radical (unpaired) electrons. The van der Waals surface area contributed by atoms with Gasteiger partial charge in [-0.25, -0.2) is 4.98 Å². The molecule has 5 nitrogen and oxygen atoms in total. The van der Waals surface area contributed by atoms with E-state index >= 15 is 0 Å². The third kappa shape index (κ3) is 1.55. The zero-order chi connectivity index (χ0) is 11.1. The molecule has 16 heavy (non-hydrogen) atoms. The molecule has 2 aromatic heterocycles. The second-order valence-electron chi connectivity index (χ2n) is 4.00. The molecule has 0 aliphatic heterocycles. The third-order valence-electron chi connectivity index (χ3n) is 2.63. The molecule has 0 aromatic carbocycles. The lowest BCUT2D eigenvalue weighted by Crippen LogP contribution is -1.99. The molecular weight excluding hydrogens is 222 g/mol. The molecule has 0 amide bonds. The number of rotatable bonds is 2. The number of aryl methyl sites for hydroxylation is 1. The fourth-order valence-corrected chi connectivity index (χ4v) is 1.95. The van der Waals surface area contributed by atoms with Crippen LogP contribution >= 0.6 is 12.2 Å². The van der Waals surface area contributed by atoms with E-state index in [0.717, 1.165) is 17.2 Å². The highest BCUT2D eigenvalue weighted by Gasteiger charge is 2.28. The maximum Gasteiger partial charge on any atom is 0.195 e. The Morgan fingerprint density at radius 1 is 1.38 bits per heavy atom. The minimum Gasteiger partial charge on any atom is -0.296 e. The van der Waals surface area contributed by atoms with Gasteiger partial charge in [0.05, 0.1) is 11.9 Å². The van der Waals surface area contributed by atoms with E-state index in [9.17, 15) is 0 Å². The number of hydrogen-bond donors (Lipinski definition) is 1. The van der Waals surface area contributed by atoms with Gasteiger partial charge in [-0.05, 0) is 32.0 Å². The largest absolute Gasteiger partial charge is 0.296 e. The van der Waals surface area contributed by atoms with Crippen molar-refractivity contribution in [3.63, 3.8) is 0 Å². The van der Waals surface area contributed by atoms with E-state index in [2.05, 4.69) is 20.2 Å². The van der Waals surface area contributed by atoms with Crippen LogP contribution in [0.2, 0.25) is 0 Å². The Hall–Kier alpha value is -1.56. The quantitative estimate of drug-likeness (QED) is 0.806. The molecule has 1 saturated carbocycles. The molecule has 3 rings (SSSR count). The first-order valence-electron chi connectivity index (χ1n) is 5.21. The molecule has 1 aliphatic carbocycles. The molecule has 1 aliphatic rings. The van der Waals surface area contributed by atoms with Crippen molar-refractivity contribution in [2.75, 3.05) is 0 Å². The van der Waals surface area contributed by atoms with Gasteiger partial charge in [0.1, 0.15) is 5.69 Å². The number of nitrogens with one attached hydrogen (secondary N) is 1. The Morgan fingerprint density at radius 2 is 2.19 bits per heavy atom. The smallest absolute Gasteiger partial charge is 0.195 e. The fourth-order valence-electron chi connectivity index (χ4n) is 1.66. The van der Waals surface area contributed by atoms with Crippen molar-refractivity contribution in [1.29, 1.82) is 0 Å². The van der Waals surface area contributed by atoms with E-state index < -0.39 is 0 Å². The predicted octanol–water partition coefficient (Wildman–Crippen LogP) is 2.04. The molecule has 6 heteroatoms. The standard InChI is InChI=1S/C10H11N5S/c1-6-4-12-8(5-11-6)9-13-14-10(16)15(9)7-2-3-7/h4-5,7H,2-3H2,1H3,(H,14,16). The van der Waals surface area contributed by atoms with Gasteiger partial charge in [-0.15, -0.1) is 0 Å². The van der Waals surface area contributed by atoms with Gasteiger partial charge in [0.2, 0.25) is 0 Å². The van der Waals surface area contributed by atoms with E-state index in [1.165, 1.54) is 12.8 Å². The second kappa shape index (κ2) is 3.48. The van der Waals surface area contributed by atoms with Crippen LogP contribution < -0.4 is 0 Å². The molecule has 0 bridgehead atoms. The Balaban J connectivity index is 2.12. The van der Waals surface area contributed by atoms with Crippen molar-refractivity contribution in [3.8, 4) is 11.5 Å². The fraction of sp³-hybridized carbons (Fsp3) is 0.400. The average Bonchev–Trinajstić information content (AvgIpc) is 3.04. The van der Waals surface area contributed by atoms with Crippen molar-refractivity contribution in [3.05, 3.63) is 22.9 Å². The number of aromatic amines is 1. The Morgan fingerprint density at radius 3 is 2.81 bits per heavy atom. The summed E-state index contributed by atoms with van der Waals surface area (Å²) in [5.74, 6) is 0.792. The lowest BCUT2D eigenvalue weighted by atomic mass is 10.4. The molecule has 0 unspecified atom stereocenters. The molecule has 0 atom stereocenters. The van der Waals surface area contributed by atoms with E-state index in [4.69, 9.17) is 12.2 Å². The summed E-state index contributed by atoms with van der Waals surface area (Å²) in [6.07, 6.45) is 5.81. The van der Waals surface area contributed by atoms with Gasteiger partial charge in [-0.2, -0.15) is 5.10 Å². The van der Waals surface area contributed by atoms with Crippen LogP contribution in [0.25, 0.3) is 11.5 Å². The monoisotopic (exact) mass is 233 g/mol. The molecular formula is C10H11N5S. The number of aromatic nitrogens is 5. The Kier molecular flexibility index (Phi) is 2.10. The average molecular weight is 233 g/mol. The minimum absolute atomic E-state index is 0.490. The highest BCUT2D eigenvalue weighted by atomic mass is 32.1. The first-order chi connectivity index (χ1) is 7.75. The van der Waals surface area contributed by atoms with Crippen LogP contribution in [-0.4, -0.2) is 24.7 Å². The summed E-state index contributed by atoms with van der Waals surface area (Å²) in [5, 5.41) is 7.04. The first kappa shape index (κ1) is 9.65. The van der Waals surface area contributed by atoms with Crippen LogP contribution in [0, 0.1) is 11.7 Å². The van der Waals surface area contributed by atoms with Crippen LogP contribution in [0.3, 0.4) is 0 Å². The lowest BCUT2D eigenvalue weighted by molar-refractivity contribution is 0.732.